The number of carbonyl (C=O) groups excluding carboxylic acids is 3. The molecule has 3 rings (SSSR count). The summed E-state index contributed by atoms with van der Waals surface area (Å²) in [4.78, 5) is 34.3. The van der Waals surface area contributed by atoms with E-state index in [-0.39, 0.29) is 17.7 Å². The van der Waals surface area contributed by atoms with Gasteiger partial charge in [0, 0.05) is 22.9 Å². The van der Waals surface area contributed by atoms with Gasteiger partial charge in [-0.3, -0.25) is 9.59 Å². The molecule has 0 aliphatic heterocycles. The van der Waals surface area contributed by atoms with Crippen LogP contribution in [0.1, 0.15) is 23.2 Å². The lowest BCUT2D eigenvalue weighted by Crippen LogP contribution is -2.28. The van der Waals surface area contributed by atoms with Crippen LogP contribution in [0.3, 0.4) is 0 Å². The van der Waals surface area contributed by atoms with Crippen molar-refractivity contribution >= 4 is 29.2 Å². The fourth-order valence-electron chi connectivity index (χ4n) is 2.27. The molecule has 0 atom stereocenters. The SMILES string of the molecule is O=C([O-])COc1ccc(NC(=O)c2ccc(NC(=O)C3CC3)cc2)cc1. The first-order chi connectivity index (χ1) is 12.5. The summed E-state index contributed by atoms with van der Waals surface area (Å²) in [6, 6.07) is 13.0. The number of hydrogen-bond acceptors (Lipinski definition) is 5. The van der Waals surface area contributed by atoms with Crippen LogP contribution in [0.25, 0.3) is 0 Å². The third-order valence-corrected chi connectivity index (χ3v) is 3.83. The van der Waals surface area contributed by atoms with Crippen LogP contribution in [-0.2, 0) is 9.59 Å². The lowest BCUT2D eigenvalue weighted by Gasteiger charge is -2.09. The molecular formula is C19H17N2O5-. The van der Waals surface area contributed by atoms with Crippen molar-refractivity contribution in [2.45, 2.75) is 12.8 Å². The number of rotatable bonds is 7. The quantitative estimate of drug-likeness (QED) is 0.783. The molecule has 0 radical (unpaired) electrons. The number of hydrogen-bond donors (Lipinski definition) is 2. The molecule has 7 nitrogen and oxygen atoms in total. The summed E-state index contributed by atoms with van der Waals surface area (Å²) in [5.41, 5.74) is 1.65. The van der Waals surface area contributed by atoms with Crippen molar-refractivity contribution in [2.24, 2.45) is 5.92 Å². The van der Waals surface area contributed by atoms with Gasteiger partial charge in [-0.25, -0.2) is 0 Å². The van der Waals surface area contributed by atoms with E-state index in [0.717, 1.165) is 12.8 Å². The number of ether oxygens (including phenoxy) is 1. The lowest BCUT2D eigenvalue weighted by atomic mass is 10.2. The van der Waals surface area contributed by atoms with Gasteiger partial charge in [-0.15, -0.1) is 0 Å². The second kappa shape index (κ2) is 7.69. The Bertz CT molecular complexity index is 811. The summed E-state index contributed by atoms with van der Waals surface area (Å²) in [6.45, 7) is -0.532. The minimum atomic E-state index is -1.31. The molecule has 0 heterocycles. The van der Waals surface area contributed by atoms with Crippen LogP contribution in [0, 0.1) is 5.92 Å². The summed E-state index contributed by atoms with van der Waals surface area (Å²) in [7, 11) is 0. The first-order valence-corrected chi connectivity index (χ1v) is 8.16. The molecular weight excluding hydrogens is 336 g/mol. The molecule has 2 aromatic carbocycles. The Labute approximate surface area is 150 Å². The molecule has 2 N–H and O–H groups in total. The molecule has 26 heavy (non-hydrogen) atoms. The minimum absolute atomic E-state index is 0.0168. The average molecular weight is 353 g/mol. The zero-order chi connectivity index (χ0) is 18.5. The number of anilines is 2. The van der Waals surface area contributed by atoms with E-state index >= 15 is 0 Å². The molecule has 134 valence electrons. The van der Waals surface area contributed by atoms with Crippen molar-refractivity contribution < 1.29 is 24.2 Å². The van der Waals surface area contributed by atoms with Gasteiger partial charge in [-0.05, 0) is 61.4 Å². The molecule has 2 aromatic rings. The third-order valence-electron chi connectivity index (χ3n) is 3.83. The second-order valence-electron chi connectivity index (χ2n) is 5.98. The van der Waals surface area contributed by atoms with Crippen LogP contribution in [0.15, 0.2) is 48.5 Å². The zero-order valence-corrected chi connectivity index (χ0v) is 13.9. The highest BCUT2D eigenvalue weighted by atomic mass is 16.5. The van der Waals surface area contributed by atoms with E-state index in [1.54, 1.807) is 48.5 Å². The minimum Gasteiger partial charge on any atom is -0.546 e. The highest BCUT2D eigenvalue weighted by Crippen LogP contribution is 2.30. The molecule has 1 aliphatic carbocycles. The summed E-state index contributed by atoms with van der Waals surface area (Å²) < 4.78 is 4.97. The van der Waals surface area contributed by atoms with Gasteiger partial charge >= 0.3 is 0 Å². The summed E-state index contributed by atoms with van der Waals surface area (Å²) in [5, 5.41) is 15.9. The van der Waals surface area contributed by atoms with Gasteiger partial charge < -0.3 is 25.3 Å². The summed E-state index contributed by atoms with van der Waals surface area (Å²) in [6.07, 6.45) is 1.87. The van der Waals surface area contributed by atoms with Crippen LogP contribution < -0.4 is 20.5 Å². The molecule has 0 aromatic heterocycles. The first-order valence-electron chi connectivity index (χ1n) is 8.16. The number of benzene rings is 2. The van der Waals surface area contributed by atoms with Crippen LogP contribution in [0.5, 0.6) is 5.75 Å². The van der Waals surface area contributed by atoms with Gasteiger partial charge in [0.25, 0.3) is 5.91 Å². The molecule has 7 heteroatoms. The smallest absolute Gasteiger partial charge is 0.255 e. The maximum absolute atomic E-state index is 12.3. The summed E-state index contributed by atoms with van der Waals surface area (Å²) in [5.74, 6) is -1.10. The van der Waals surface area contributed by atoms with Crippen molar-refractivity contribution in [1.82, 2.24) is 0 Å². The van der Waals surface area contributed by atoms with Crippen molar-refractivity contribution in [2.75, 3.05) is 17.2 Å². The largest absolute Gasteiger partial charge is 0.546 e. The Morgan fingerprint density at radius 3 is 2.08 bits per heavy atom. The van der Waals surface area contributed by atoms with Crippen LogP contribution in [0.2, 0.25) is 0 Å². The second-order valence-corrected chi connectivity index (χ2v) is 5.98. The predicted octanol–water partition coefficient (Wildman–Crippen LogP) is 1.42. The zero-order valence-electron chi connectivity index (χ0n) is 13.9. The van der Waals surface area contributed by atoms with E-state index in [9.17, 15) is 19.5 Å². The van der Waals surface area contributed by atoms with Crippen molar-refractivity contribution in [1.29, 1.82) is 0 Å². The van der Waals surface area contributed by atoms with Crippen molar-refractivity contribution in [3.05, 3.63) is 54.1 Å². The Kier molecular flexibility index (Phi) is 5.17. The van der Waals surface area contributed by atoms with Crippen molar-refractivity contribution in [3.63, 3.8) is 0 Å². The monoisotopic (exact) mass is 353 g/mol. The van der Waals surface area contributed by atoms with Gasteiger partial charge in [0.2, 0.25) is 5.91 Å². The standard InChI is InChI=1S/C19H18N2O5/c22-17(23)11-26-16-9-7-15(8-10-16)21-19(25)13-3-5-14(6-4-13)20-18(24)12-1-2-12/h3-10,12H,1-2,11H2,(H,20,24)(H,21,25)(H,22,23)/p-1. The highest BCUT2D eigenvalue weighted by Gasteiger charge is 2.29. The highest BCUT2D eigenvalue weighted by molar-refractivity contribution is 6.04. The Hall–Kier alpha value is -3.35. The molecule has 0 saturated heterocycles. The van der Waals surface area contributed by atoms with Crippen LogP contribution in [0.4, 0.5) is 11.4 Å². The molecule has 2 amide bonds. The van der Waals surface area contributed by atoms with Crippen molar-refractivity contribution in [3.8, 4) is 5.75 Å². The van der Waals surface area contributed by atoms with Gasteiger partial charge in [0.05, 0.1) is 5.97 Å². The Balaban J connectivity index is 1.55. The van der Waals surface area contributed by atoms with Gasteiger partial charge in [-0.1, -0.05) is 0 Å². The number of carboxylic acids is 1. The van der Waals surface area contributed by atoms with Gasteiger partial charge in [-0.2, -0.15) is 0 Å². The van der Waals surface area contributed by atoms with Gasteiger partial charge in [0.1, 0.15) is 12.4 Å². The molecule has 1 fully saturated rings. The fraction of sp³-hybridized carbons (Fsp3) is 0.211. The predicted molar refractivity (Wildman–Crippen MR) is 92.7 cm³/mol. The fourth-order valence-corrected chi connectivity index (χ4v) is 2.27. The first kappa shape index (κ1) is 17.5. The molecule has 0 spiro atoms. The maximum Gasteiger partial charge on any atom is 0.255 e. The number of aliphatic carboxylic acids is 1. The Morgan fingerprint density at radius 1 is 0.923 bits per heavy atom. The van der Waals surface area contributed by atoms with E-state index in [1.165, 1.54) is 0 Å². The molecule has 0 unspecified atom stereocenters. The van der Waals surface area contributed by atoms with E-state index < -0.39 is 12.6 Å². The molecule has 1 aliphatic rings. The molecule has 0 bridgehead atoms. The van der Waals surface area contributed by atoms with E-state index in [4.69, 9.17) is 4.74 Å². The summed E-state index contributed by atoms with van der Waals surface area (Å²) >= 11 is 0. The number of amides is 2. The normalized spacial score (nSPS) is 12.9. The molecule has 1 saturated carbocycles. The number of carbonyl (C=O) groups is 3. The van der Waals surface area contributed by atoms with Crippen LogP contribution >= 0.6 is 0 Å². The average Bonchev–Trinajstić information content (AvgIpc) is 3.47. The maximum atomic E-state index is 12.3. The van der Waals surface area contributed by atoms with E-state index in [2.05, 4.69) is 10.6 Å². The van der Waals surface area contributed by atoms with E-state index in [0.29, 0.717) is 22.7 Å². The lowest BCUT2D eigenvalue weighted by molar-refractivity contribution is -0.307. The third kappa shape index (κ3) is 4.83. The number of carboxylic acid groups (broad SMARTS) is 1. The topological polar surface area (TPSA) is 108 Å². The Morgan fingerprint density at radius 2 is 1.50 bits per heavy atom. The number of nitrogens with one attached hydrogen (secondary N) is 2. The van der Waals surface area contributed by atoms with Gasteiger partial charge in [0.15, 0.2) is 0 Å². The van der Waals surface area contributed by atoms with E-state index in [1.807, 2.05) is 0 Å². The van der Waals surface area contributed by atoms with Crippen LogP contribution in [-0.4, -0.2) is 24.4 Å².